The molecule has 0 radical (unpaired) electrons. The molecule has 0 saturated carbocycles. The molecule has 1 saturated heterocycles. The van der Waals surface area contributed by atoms with Gasteiger partial charge in [-0.2, -0.15) is 0 Å². The van der Waals surface area contributed by atoms with Crippen LogP contribution in [0.25, 0.3) is 0 Å². The van der Waals surface area contributed by atoms with Crippen molar-refractivity contribution in [2.75, 3.05) is 31.1 Å². The zero-order valence-electron chi connectivity index (χ0n) is 12.4. The molecule has 2 rings (SSSR count). The van der Waals surface area contributed by atoms with Crippen LogP contribution in [0, 0.1) is 19.3 Å². The van der Waals surface area contributed by atoms with Crippen LogP contribution < -0.4 is 61.6 Å². The zero-order valence-corrected chi connectivity index (χ0v) is 15.5. The van der Waals surface area contributed by atoms with Gasteiger partial charge in [0.1, 0.15) is 0 Å². The van der Waals surface area contributed by atoms with Crippen LogP contribution in [0.15, 0.2) is 12.1 Å². The Morgan fingerprint density at radius 3 is 2.43 bits per heavy atom. The van der Waals surface area contributed by atoms with E-state index in [0.29, 0.717) is 16.7 Å². The fourth-order valence-corrected chi connectivity index (χ4v) is 2.54. The molecule has 0 bridgehead atoms. The first-order valence-electron chi connectivity index (χ1n) is 6.67. The number of nitrogens with zero attached hydrogens (tertiary/aromatic N) is 1. The van der Waals surface area contributed by atoms with Gasteiger partial charge >= 0.3 is 58.4 Å². The van der Waals surface area contributed by atoms with Gasteiger partial charge in [-0.3, -0.25) is 0 Å². The van der Waals surface area contributed by atoms with Gasteiger partial charge in [0.2, 0.25) is 0 Å². The van der Waals surface area contributed by atoms with Crippen LogP contribution >= 0.6 is 0 Å². The van der Waals surface area contributed by atoms with Crippen molar-refractivity contribution in [2.45, 2.75) is 13.2 Å². The number of benzene rings is 1. The molecule has 0 spiro atoms. The molecular weight excluding hydrogens is 303 g/mol. The van der Waals surface area contributed by atoms with E-state index in [2.05, 4.69) is 16.1 Å². The summed E-state index contributed by atoms with van der Waals surface area (Å²) in [6.07, 6.45) is 4.50. The third-order valence-corrected chi connectivity index (χ3v) is 3.56. The van der Waals surface area contributed by atoms with Crippen molar-refractivity contribution in [1.82, 2.24) is 5.32 Å². The predicted octanol–water partition coefficient (Wildman–Crippen LogP) is -0.681. The summed E-state index contributed by atoms with van der Waals surface area (Å²) in [4.78, 5) is 2.10. The van der Waals surface area contributed by atoms with Crippen molar-refractivity contribution in [3.05, 3.63) is 28.8 Å². The maximum absolute atomic E-state index is 12.7. The van der Waals surface area contributed by atoms with Crippen LogP contribution in [0.4, 0.5) is 18.6 Å². The molecule has 108 valence electrons. The molecule has 0 unspecified atom stereocenters. The molecule has 1 heterocycles. The first-order valence-corrected chi connectivity index (χ1v) is 6.67. The van der Waals surface area contributed by atoms with Crippen LogP contribution in [0.2, 0.25) is 0 Å². The Hall–Kier alpha value is 0.0313. The number of piperazine rings is 1. The quantitative estimate of drug-likeness (QED) is 0.586. The number of terminal acetylenes is 1. The van der Waals surface area contributed by atoms with E-state index in [9.17, 15) is 12.9 Å². The second-order valence-electron chi connectivity index (χ2n) is 5.08. The molecule has 0 amide bonds. The van der Waals surface area contributed by atoms with E-state index >= 15 is 0 Å². The maximum atomic E-state index is 12.7. The van der Waals surface area contributed by atoms with Crippen molar-refractivity contribution in [3.63, 3.8) is 0 Å². The third kappa shape index (κ3) is 5.31. The standard InChI is InChI=1S/C14H17BF3N2.K/c1-3-12-8-13(10-15(16,17)18)11(2)14(9-12)20-6-4-19-5-7-20;/h1,8-9,19H,4-7,10H2,2H3;/q-1;+1. The molecular formula is C14H17BF3KN2. The number of rotatable bonds is 3. The SMILES string of the molecule is C#Cc1cc(C[B-](F)(F)F)c(C)c(N2CCNCC2)c1.[K+]. The van der Waals surface area contributed by atoms with E-state index in [1.165, 1.54) is 6.07 Å². The van der Waals surface area contributed by atoms with Gasteiger partial charge in [0.25, 0.3) is 0 Å². The van der Waals surface area contributed by atoms with Crippen LogP contribution in [0.1, 0.15) is 16.7 Å². The average molecular weight is 320 g/mol. The Bertz CT molecular complexity index is 534. The van der Waals surface area contributed by atoms with E-state index in [1.54, 1.807) is 6.92 Å². The summed E-state index contributed by atoms with van der Waals surface area (Å²) in [6, 6.07) is 3.30. The summed E-state index contributed by atoms with van der Waals surface area (Å²) in [6.45, 7) is 0.115. The zero-order chi connectivity index (χ0) is 14.8. The number of hydrogen-bond donors (Lipinski definition) is 1. The smallest absolute Gasteiger partial charge is 0.449 e. The summed E-state index contributed by atoms with van der Waals surface area (Å²) < 4.78 is 38.2. The second kappa shape index (κ2) is 8.04. The monoisotopic (exact) mass is 320 g/mol. The molecule has 2 nitrogen and oxygen atoms in total. The van der Waals surface area contributed by atoms with Crippen molar-refractivity contribution in [3.8, 4) is 12.3 Å². The van der Waals surface area contributed by atoms with Gasteiger partial charge in [-0.25, -0.2) is 0 Å². The largest absolute Gasteiger partial charge is 1.00 e. The van der Waals surface area contributed by atoms with E-state index in [-0.39, 0.29) is 51.4 Å². The van der Waals surface area contributed by atoms with E-state index in [4.69, 9.17) is 6.42 Å². The summed E-state index contributed by atoms with van der Waals surface area (Å²) in [5.41, 5.74) is 2.32. The van der Waals surface area contributed by atoms with Crippen LogP contribution in [-0.2, 0) is 6.32 Å². The van der Waals surface area contributed by atoms with Gasteiger partial charge in [0.15, 0.2) is 0 Å². The average Bonchev–Trinajstić information content (AvgIpc) is 2.40. The molecule has 1 aromatic carbocycles. The van der Waals surface area contributed by atoms with Gasteiger partial charge in [-0.15, -0.1) is 6.42 Å². The second-order valence-corrected chi connectivity index (χ2v) is 5.08. The maximum Gasteiger partial charge on any atom is 1.00 e. The molecule has 0 atom stereocenters. The minimum absolute atomic E-state index is 0. The Morgan fingerprint density at radius 1 is 1.29 bits per heavy atom. The summed E-state index contributed by atoms with van der Waals surface area (Å²) in [7, 11) is 0. The predicted molar refractivity (Wildman–Crippen MR) is 77.0 cm³/mol. The van der Waals surface area contributed by atoms with Gasteiger partial charge in [0.05, 0.1) is 0 Å². The van der Waals surface area contributed by atoms with Gasteiger partial charge in [-0.1, -0.05) is 17.8 Å². The van der Waals surface area contributed by atoms with E-state index in [1.807, 2.05) is 6.07 Å². The van der Waals surface area contributed by atoms with Gasteiger partial charge < -0.3 is 23.2 Å². The minimum atomic E-state index is -4.86. The molecule has 0 aliphatic carbocycles. The fraction of sp³-hybridized carbons (Fsp3) is 0.429. The van der Waals surface area contributed by atoms with Gasteiger partial charge in [0, 0.05) is 37.4 Å². The van der Waals surface area contributed by atoms with Crippen molar-refractivity contribution in [1.29, 1.82) is 0 Å². The summed E-state index contributed by atoms with van der Waals surface area (Å²) in [5, 5.41) is 3.23. The van der Waals surface area contributed by atoms with Crippen molar-refractivity contribution < 1.29 is 64.3 Å². The Kier molecular flexibility index (Phi) is 7.31. The van der Waals surface area contributed by atoms with Gasteiger partial charge in [-0.05, 0) is 24.6 Å². The summed E-state index contributed by atoms with van der Waals surface area (Å²) in [5.74, 6) is 2.46. The normalized spacial score (nSPS) is 15.3. The van der Waals surface area contributed by atoms with Crippen molar-refractivity contribution >= 4 is 12.7 Å². The number of anilines is 1. The molecule has 7 heteroatoms. The van der Waals surface area contributed by atoms with Crippen LogP contribution in [0.5, 0.6) is 0 Å². The molecule has 1 aliphatic rings. The van der Waals surface area contributed by atoms with E-state index in [0.717, 1.165) is 31.9 Å². The molecule has 21 heavy (non-hydrogen) atoms. The Balaban J connectivity index is 0.00000220. The number of hydrogen-bond acceptors (Lipinski definition) is 2. The fourth-order valence-electron chi connectivity index (χ4n) is 2.54. The summed E-state index contributed by atoms with van der Waals surface area (Å²) >= 11 is 0. The Morgan fingerprint density at radius 2 is 1.90 bits per heavy atom. The number of nitrogens with one attached hydrogen (secondary N) is 1. The number of halogens is 3. The van der Waals surface area contributed by atoms with Crippen LogP contribution in [0.3, 0.4) is 0 Å². The molecule has 0 aromatic heterocycles. The minimum Gasteiger partial charge on any atom is -0.449 e. The first-order chi connectivity index (χ1) is 9.40. The Labute approximate surface area is 166 Å². The topological polar surface area (TPSA) is 15.3 Å². The molecule has 1 fully saturated rings. The molecule has 1 N–H and O–H groups in total. The van der Waals surface area contributed by atoms with E-state index < -0.39 is 13.3 Å². The van der Waals surface area contributed by atoms with Crippen LogP contribution in [-0.4, -0.2) is 33.2 Å². The first kappa shape index (κ1) is 19.1. The molecule has 1 aliphatic heterocycles. The van der Waals surface area contributed by atoms with Crippen molar-refractivity contribution in [2.24, 2.45) is 0 Å². The molecule has 1 aromatic rings. The third-order valence-electron chi connectivity index (χ3n) is 3.56.